The van der Waals surface area contributed by atoms with Crippen molar-refractivity contribution in [2.24, 2.45) is 0 Å². The zero-order valence-corrected chi connectivity index (χ0v) is 12.4. The summed E-state index contributed by atoms with van der Waals surface area (Å²) in [5, 5.41) is 0. The van der Waals surface area contributed by atoms with Crippen molar-refractivity contribution in [2.45, 2.75) is 53.4 Å². The van der Waals surface area contributed by atoms with Gasteiger partial charge in [0.15, 0.2) is 5.89 Å². The van der Waals surface area contributed by atoms with Gasteiger partial charge in [-0.15, -0.1) is 0 Å². The lowest BCUT2D eigenvalue weighted by molar-refractivity contribution is 0.439. The van der Waals surface area contributed by atoms with Crippen LogP contribution in [-0.4, -0.2) is 9.97 Å². The minimum absolute atomic E-state index is 0.346. The second kappa shape index (κ2) is 5.55. The molecule has 102 valence electrons. The number of oxazole rings is 1. The number of aryl methyl sites for hydroxylation is 1. The molecule has 0 N–H and O–H groups in total. The molecule has 0 fully saturated rings. The largest absolute Gasteiger partial charge is 0.445 e. The molecule has 0 amide bonds. The molecule has 0 bridgehead atoms. The van der Waals surface area contributed by atoms with E-state index in [0.717, 1.165) is 41.6 Å². The van der Waals surface area contributed by atoms with E-state index in [1.165, 1.54) is 5.56 Å². The van der Waals surface area contributed by atoms with Gasteiger partial charge in [0.1, 0.15) is 5.76 Å². The Kier molecular flexibility index (Phi) is 4.03. The molecule has 3 nitrogen and oxygen atoms in total. The Balaban J connectivity index is 0.000000637. The van der Waals surface area contributed by atoms with E-state index in [2.05, 4.69) is 35.9 Å². The lowest BCUT2D eigenvalue weighted by atomic mass is 9.97. The van der Waals surface area contributed by atoms with Crippen LogP contribution in [0.25, 0.3) is 0 Å². The molecule has 0 aromatic carbocycles. The molecule has 0 saturated carbocycles. The first-order valence-corrected chi connectivity index (χ1v) is 7.07. The van der Waals surface area contributed by atoms with Crippen LogP contribution in [0.15, 0.2) is 16.5 Å². The molecular weight excluding hydrogens is 236 g/mol. The van der Waals surface area contributed by atoms with Crippen molar-refractivity contribution in [3.63, 3.8) is 0 Å². The van der Waals surface area contributed by atoms with Gasteiger partial charge in [-0.25, -0.2) is 4.98 Å². The summed E-state index contributed by atoms with van der Waals surface area (Å²) in [4.78, 5) is 9.16. The molecule has 0 saturated heterocycles. The van der Waals surface area contributed by atoms with E-state index in [1.807, 2.05) is 20.8 Å². The number of pyridine rings is 1. The van der Waals surface area contributed by atoms with Gasteiger partial charge < -0.3 is 4.42 Å². The highest BCUT2D eigenvalue weighted by Gasteiger charge is 2.23. The summed E-state index contributed by atoms with van der Waals surface area (Å²) in [6.07, 6.45) is 1.64. The maximum atomic E-state index is 5.81. The van der Waals surface area contributed by atoms with Gasteiger partial charge in [-0.2, -0.15) is 0 Å². The average Bonchev–Trinajstić information content (AvgIpc) is 2.81. The predicted octanol–water partition coefficient (Wildman–Crippen LogP) is 4.02. The van der Waals surface area contributed by atoms with E-state index >= 15 is 0 Å². The molecule has 0 radical (unpaired) electrons. The van der Waals surface area contributed by atoms with E-state index in [4.69, 9.17) is 4.42 Å². The summed E-state index contributed by atoms with van der Waals surface area (Å²) in [6, 6.07) is 4.22. The molecule has 0 unspecified atom stereocenters. The summed E-state index contributed by atoms with van der Waals surface area (Å²) in [5.41, 5.74) is 4.58. The first-order valence-electron chi connectivity index (χ1n) is 7.07. The van der Waals surface area contributed by atoms with E-state index < -0.39 is 0 Å². The van der Waals surface area contributed by atoms with Gasteiger partial charge in [-0.3, -0.25) is 4.98 Å². The van der Waals surface area contributed by atoms with Gasteiger partial charge in [-0.05, 0) is 18.6 Å². The molecule has 0 atom stereocenters. The van der Waals surface area contributed by atoms with Crippen LogP contribution in [0.5, 0.6) is 0 Å². The molecule has 1 aliphatic rings. The Bertz CT molecular complexity index is 570. The number of aromatic nitrogens is 2. The summed E-state index contributed by atoms with van der Waals surface area (Å²) < 4.78 is 5.81. The van der Waals surface area contributed by atoms with E-state index in [9.17, 15) is 0 Å². The quantitative estimate of drug-likeness (QED) is 0.661. The summed E-state index contributed by atoms with van der Waals surface area (Å²) >= 11 is 0. The molecule has 2 heterocycles. The van der Waals surface area contributed by atoms with Crippen molar-refractivity contribution in [3.05, 3.63) is 46.4 Å². The zero-order valence-electron chi connectivity index (χ0n) is 12.4. The second-order valence-corrected chi connectivity index (χ2v) is 4.99. The van der Waals surface area contributed by atoms with Gasteiger partial charge >= 0.3 is 0 Å². The van der Waals surface area contributed by atoms with Gasteiger partial charge in [0.2, 0.25) is 0 Å². The Morgan fingerprint density at radius 2 is 1.79 bits per heavy atom. The molecule has 0 aliphatic heterocycles. The monoisotopic (exact) mass is 258 g/mol. The fraction of sp³-hybridized carbons (Fsp3) is 0.500. The Labute approximate surface area is 115 Å². The SMILES string of the molecule is CC.Cc1ccc2c(n1)Cc1oc(C(C)C)nc1C2. The first kappa shape index (κ1) is 13.8. The van der Waals surface area contributed by atoms with Crippen molar-refractivity contribution in [1.82, 2.24) is 9.97 Å². The average molecular weight is 258 g/mol. The van der Waals surface area contributed by atoms with Crippen LogP contribution in [-0.2, 0) is 12.8 Å². The van der Waals surface area contributed by atoms with Gasteiger partial charge in [0.25, 0.3) is 0 Å². The van der Waals surface area contributed by atoms with Crippen molar-refractivity contribution in [3.8, 4) is 0 Å². The van der Waals surface area contributed by atoms with Crippen molar-refractivity contribution in [1.29, 1.82) is 0 Å². The summed E-state index contributed by atoms with van der Waals surface area (Å²) in [7, 11) is 0. The molecule has 3 rings (SSSR count). The molecule has 2 aromatic rings. The molecular formula is C16H22N2O. The molecule has 2 aromatic heterocycles. The van der Waals surface area contributed by atoms with E-state index in [1.54, 1.807) is 0 Å². The van der Waals surface area contributed by atoms with Crippen LogP contribution in [0.4, 0.5) is 0 Å². The van der Waals surface area contributed by atoms with Crippen LogP contribution in [0, 0.1) is 6.92 Å². The highest BCUT2D eigenvalue weighted by Crippen LogP contribution is 2.28. The Morgan fingerprint density at radius 3 is 2.47 bits per heavy atom. The molecule has 0 spiro atoms. The third-order valence-corrected chi connectivity index (χ3v) is 3.18. The smallest absolute Gasteiger partial charge is 0.197 e. The molecule has 1 aliphatic carbocycles. The summed E-state index contributed by atoms with van der Waals surface area (Å²) in [5.74, 6) is 2.19. The second-order valence-electron chi connectivity index (χ2n) is 4.99. The van der Waals surface area contributed by atoms with Crippen LogP contribution in [0.2, 0.25) is 0 Å². The summed E-state index contributed by atoms with van der Waals surface area (Å²) in [6.45, 7) is 10.2. The Morgan fingerprint density at radius 1 is 1.05 bits per heavy atom. The highest BCUT2D eigenvalue weighted by molar-refractivity contribution is 5.36. The molecule has 19 heavy (non-hydrogen) atoms. The highest BCUT2D eigenvalue weighted by atomic mass is 16.4. The minimum Gasteiger partial charge on any atom is -0.445 e. The van der Waals surface area contributed by atoms with Crippen LogP contribution < -0.4 is 0 Å². The fourth-order valence-corrected chi connectivity index (χ4v) is 2.21. The number of hydrogen-bond donors (Lipinski definition) is 0. The number of nitrogens with zero attached hydrogens (tertiary/aromatic N) is 2. The van der Waals surface area contributed by atoms with Crippen LogP contribution >= 0.6 is 0 Å². The lowest BCUT2D eigenvalue weighted by Crippen LogP contribution is -2.08. The van der Waals surface area contributed by atoms with Crippen molar-refractivity contribution >= 4 is 0 Å². The number of fused-ring (bicyclic) bond motifs is 2. The Hall–Kier alpha value is -1.64. The number of hydrogen-bond acceptors (Lipinski definition) is 3. The standard InChI is InChI=1S/C14H16N2O.C2H6/c1-8(2)14-16-12-6-10-5-4-9(3)15-11(10)7-13(12)17-14;1-2/h4-5,8H,6-7H2,1-3H3;1-2H3. The van der Waals surface area contributed by atoms with Crippen LogP contribution in [0.1, 0.15) is 67.9 Å². The number of rotatable bonds is 1. The van der Waals surface area contributed by atoms with Crippen LogP contribution in [0.3, 0.4) is 0 Å². The van der Waals surface area contributed by atoms with Crippen molar-refractivity contribution in [2.75, 3.05) is 0 Å². The zero-order chi connectivity index (χ0) is 14.0. The maximum absolute atomic E-state index is 5.81. The topological polar surface area (TPSA) is 38.9 Å². The van der Waals surface area contributed by atoms with Crippen molar-refractivity contribution < 1.29 is 4.42 Å². The van der Waals surface area contributed by atoms with Gasteiger partial charge in [0.05, 0.1) is 17.8 Å². The third-order valence-electron chi connectivity index (χ3n) is 3.18. The maximum Gasteiger partial charge on any atom is 0.197 e. The normalized spacial score (nSPS) is 12.5. The predicted molar refractivity (Wildman–Crippen MR) is 76.5 cm³/mol. The lowest BCUT2D eigenvalue weighted by Gasteiger charge is -2.13. The first-order chi connectivity index (χ1) is 9.13. The third kappa shape index (κ3) is 2.70. The minimum atomic E-state index is 0.346. The molecule has 3 heteroatoms. The van der Waals surface area contributed by atoms with E-state index in [-0.39, 0.29) is 0 Å². The fourth-order valence-electron chi connectivity index (χ4n) is 2.21. The van der Waals surface area contributed by atoms with E-state index in [0.29, 0.717) is 5.92 Å². The van der Waals surface area contributed by atoms with Gasteiger partial charge in [0, 0.05) is 18.0 Å². The van der Waals surface area contributed by atoms with Gasteiger partial charge in [-0.1, -0.05) is 33.8 Å².